The summed E-state index contributed by atoms with van der Waals surface area (Å²) >= 11 is 0. The molecule has 1 aliphatic rings. The molecule has 1 amide bonds. The van der Waals surface area contributed by atoms with Crippen LogP contribution in [0, 0.1) is 28.4 Å². The van der Waals surface area contributed by atoms with Crippen molar-refractivity contribution in [2.24, 2.45) is 0 Å². The van der Waals surface area contributed by atoms with Crippen molar-refractivity contribution in [2.45, 2.75) is 13.3 Å². The SMILES string of the molecule is Cc1c(N2CCN(C(=O)Cc3c[nH]c4ccccc34)CC2)cc(C#N)cc1[N+](=O)[O-]. The highest BCUT2D eigenvalue weighted by atomic mass is 16.6. The van der Waals surface area contributed by atoms with Crippen molar-refractivity contribution in [2.75, 3.05) is 31.1 Å². The second-order valence-electron chi connectivity index (χ2n) is 7.41. The number of benzene rings is 2. The Morgan fingerprint density at radius 3 is 2.67 bits per heavy atom. The van der Waals surface area contributed by atoms with Crippen LogP contribution in [-0.4, -0.2) is 46.9 Å². The van der Waals surface area contributed by atoms with E-state index in [9.17, 15) is 20.2 Å². The van der Waals surface area contributed by atoms with Crippen molar-refractivity contribution in [3.8, 4) is 6.07 Å². The topological polar surface area (TPSA) is 106 Å². The van der Waals surface area contributed by atoms with Crippen molar-refractivity contribution in [1.29, 1.82) is 5.26 Å². The normalized spacial score (nSPS) is 14.0. The molecule has 1 aliphatic heterocycles. The Hall–Kier alpha value is -3.86. The molecule has 1 saturated heterocycles. The number of hydrogen-bond donors (Lipinski definition) is 1. The van der Waals surface area contributed by atoms with Gasteiger partial charge in [-0.3, -0.25) is 14.9 Å². The highest BCUT2D eigenvalue weighted by molar-refractivity contribution is 5.89. The van der Waals surface area contributed by atoms with Crippen LogP contribution < -0.4 is 4.90 Å². The van der Waals surface area contributed by atoms with Crippen molar-refractivity contribution in [1.82, 2.24) is 9.88 Å². The van der Waals surface area contributed by atoms with E-state index in [0.717, 1.165) is 16.5 Å². The van der Waals surface area contributed by atoms with Gasteiger partial charge in [-0.15, -0.1) is 0 Å². The summed E-state index contributed by atoms with van der Waals surface area (Å²) < 4.78 is 0. The number of nitrogens with zero attached hydrogens (tertiary/aromatic N) is 4. The third kappa shape index (κ3) is 3.57. The van der Waals surface area contributed by atoms with E-state index in [-0.39, 0.29) is 17.2 Å². The highest BCUT2D eigenvalue weighted by Gasteiger charge is 2.25. The summed E-state index contributed by atoms with van der Waals surface area (Å²) in [6.07, 6.45) is 2.22. The lowest BCUT2D eigenvalue weighted by Crippen LogP contribution is -2.49. The summed E-state index contributed by atoms with van der Waals surface area (Å²) in [4.78, 5) is 30.7. The van der Waals surface area contributed by atoms with Gasteiger partial charge in [0.15, 0.2) is 0 Å². The van der Waals surface area contributed by atoms with Crippen LogP contribution in [0.1, 0.15) is 16.7 Å². The fraction of sp³-hybridized carbons (Fsp3) is 0.273. The minimum Gasteiger partial charge on any atom is -0.368 e. The number of aromatic nitrogens is 1. The first-order valence-corrected chi connectivity index (χ1v) is 9.75. The molecule has 1 fully saturated rings. The first-order chi connectivity index (χ1) is 14.5. The van der Waals surface area contributed by atoms with Crippen LogP contribution in [0.3, 0.4) is 0 Å². The molecule has 2 aromatic carbocycles. The number of amides is 1. The second kappa shape index (κ2) is 7.87. The van der Waals surface area contributed by atoms with Crippen molar-refractivity contribution < 1.29 is 9.72 Å². The van der Waals surface area contributed by atoms with Crippen molar-refractivity contribution in [3.05, 3.63) is 69.4 Å². The summed E-state index contributed by atoms with van der Waals surface area (Å²) in [6.45, 7) is 3.89. The average molecular weight is 403 g/mol. The van der Waals surface area contributed by atoms with Crippen LogP contribution in [0.4, 0.5) is 11.4 Å². The third-order valence-corrected chi connectivity index (χ3v) is 5.67. The summed E-state index contributed by atoms with van der Waals surface area (Å²) in [5.74, 6) is 0.0629. The molecule has 8 heteroatoms. The molecule has 152 valence electrons. The molecule has 0 unspecified atom stereocenters. The number of carbonyl (C=O) groups is 1. The quantitative estimate of drug-likeness (QED) is 0.532. The number of piperazine rings is 1. The van der Waals surface area contributed by atoms with Gasteiger partial charge in [-0.1, -0.05) is 18.2 Å². The lowest BCUT2D eigenvalue weighted by atomic mass is 10.1. The molecule has 0 aliphatic carbocycles. The van der Waals surface area contributed by atoms with Crippen LogP contribution >= 0.6 is 0 Å². The number of aromatic amines is 1. The van der Waals surface area contributed by atoms with Crippen LogP contribution in [0.15, 0.2) is 42.6 Å². The predicted octanol–water partition coefficient (Wildman–Crippen LogP) is 3.15. The van der Waals surface area contributed by atoms with Crippen LogP contribution in [0.25, 0.3) is 10.9 Å². The zero-order valence-electron chi connectivity index (χ0n) is 16.6. The lowest BCUT2D eigenvalue weighted by molar-refractivity contribution is -0.385. The van der Waals surface area contributed by atoms with E-state index in [4.69, 9.17) is 0 Å². The van der Waals surface area contributed by atoms with Gasteiger partial charge in [-0.25, -0.2) is 0 Å². The fourth-order valence-corrected chi connectivity index (χ4v) is 4.02. The van der Waals surface area contributed by atoms with Gasteiger partial charge in [0.25, 0.3) is 5.69 Å². The maximum absolute atomic E-state index is 12.8. The van der Waals surface area contributed by atoms with Gasteiger partial charge >= 0.3 is 0 Å². The molecule has 2 heterocycles. The second-order valence-corrected chi connectivity index (χ2v) is 7.41. The molecule has 0 atom stereocenters. The smallest absolute Gasteiger partial charge is 0.275 e. The van der Waals surface area contributed by atoms with E-state index in [2.05, 4.69) is 4.98 Å². The Balaban J connectivity index is 1.46. The number of carbonyl (C=O) groups excluding carboxylic acids is 1. The van der Waals surface area contributed by atoms with Crippen molar-refractivity contribution >= 4 is 28.2 Å². The highest BCUT2D eigenvalue weighted by Crippen LogP contribution is 2.31. The molecule has 3 aromatic rings. The molecule has 1 N–H and O–H groups in total. The largest absolute Gasteiger partial charge is 0.368 e. The number of rotatable bonds is 4. The van der Waals surface area contributed by atoms with E-state index in [1.165, 1.54) is 6.07 Å². The monoisotopic (exact) mass is 403 g/mol. The maximum Gasteiger partial charge on any atom is 0.275 e. The van der Waals surface area contributed by atoms with E-state index in [1.807, 2.05) is 46.3 Å². The molecule has 4 rings (SSSR count). The zero-order chi connectivity index (χ0) is 21.3. The number of nitro groups is 1. The van der Waals surface area contributed by atoms with Crippen molar-refractivity contribution in [3.63, 3.8) is 0 Å². The van der Waals surface area contributed by atoms with Gasteiger partial charge in [0.1, 0.15) is 0 Å². The Morgan fingerprint density at radius 1 is 1.23 bits per heavy atom. The molecule has 0 bridgehead atoms. The third-order valence-electron chi connectivity index (χ3n) is 5.67. The Morgan fingerprint density at radius 2 is 1.97 bits per heavy atom. The van der Waals surface area contributed by atoms with Crippen LogP contribution in [0.5, 0.6) is 0 Å². The minimum atomic E-state index is -0.458. The molecular weight excluding hydrogens is 382 g/mol. The molecule has 0 spiro atoms. The summed E-state index contributed by atoms with van der Waals surface area (Å²) in [5.41, 5.74) is 3.43. The average Bonchev–Trinajstić information content (AvgIpc) is 3.16. The molecule has 1 aromatic heterocycles. The first kappa shape index (κ1) is 19.5. The molecule has 8 nitrogen and oxygen atoms in total. The Labute approximate surface area is 173 Å². The summed E-state index contributed by atoms with van der Waals surface area (Å²) in [7, 11) is 0. The lowest BCUT2D eigenvalue weighted by Gasteiger charge is -2.36. The molecule has 30 heavy (non-hydrogen) atoms. The van der Waals surface area contributed by atoms with Crippen LogP contribution in [0.2, 0.25) is 0 Å². The number of H-pyrrole nitrogens is 1. The Bertz CT molecular complexity index is 1170. The van der Waals surface area contributed by atoms with Gasteiger partial charge in [0.05, 0.1) is 28.5 Å². The molecular formula is C22H21N5O3. The fourth-order valence-electron chi connectivity index (χ4n) is 4.02. The van der Waals surface area contributed by atoms with E-state index >= 15 is 0 Å². The number of nitrogens with one attached hydrogen (secondary N) is 1. The number of nitriles is 1. The number of para-hydroxylation sites is 1. The van der Waals surface area contributed by atoms with Gasteiger partial charge in [-0.05, 0) is 24.6 Å². The van der Waals surface area contributed by atoms with E-state index in [1.54, 1.807) is 13.0 Å². The van der Waals surface area contributed by atoms with E-state index < -0.39 is 4.92 Å². The zero-order valence-corrected chi connectivity index (χ0v) is 16.6. The minimum absolute atomic E-state index is 0.0538. The number of fused-ring (bicyclic) bond motifs is 1. The van der Waals surface area contributed by atoms with Crippen LogP contribution in [-0.2, 0) is 11.2 Å². The Kier molecular flexibility index (Phi) is 5.11. The predicted molar refractivity (Wildman–Crippen MR) is 113 cm³/mol. The van der Waals surface area contributed by atoms with Gasteiger partial charge in [0.2, 0.25) is 5.91 Å². The first-order valence-electron chi connectivity index (χ1n) is 9.75. The summed E-state index contributed by atoms with van der Waals surface area (Å²) in [5, 5.41) is 21.6. The van der Waals surface area contributed by atoms with E-state index in [0.29, 0.717) is 43.9 Å². The molecule has 0 saturated carbocycles. The number of nitro benzene ring substituents is 1. The number of hydrogen-bond acceptors (Lipinski definition) is 5. The van der Waals surface area contributed by atoms with Gasteiger partial charge < -0.3 is 14.8 Å². The standard InChI is InChI=1S/C22H21N5O3/c1-15-20(10-16(13-23)11-21(15)27(29)30)25-6-8-26(9-7-25)22(28)12-17-14-24-19-5-3-2-4-18(17)19/h2-5,10-11,14,24H,6-9,12H2,1H3. The summed E-state index contributed by atoms with van der Waals surface area (Å²) in [6, 6.07) is 12.9. The van der Waals surface area contributed by atoms with Gasteiger partial charge in [-0.2, -0.15) is 5.26 Å². The number of anilines is 1. The van der Waals surface area contributed by atoms with Gasteiger partial charge in [0, 0.05) is 55.0 Å². The maximum atomic E-state index is 12.8. The molecule has 0 radical (unpaired) electrons.